The monoisotopic (exact) mass is 467 g/mol. The van der Waals surface area contributed by atoms with Crippen molar-refractivity contribution in [1.29, 1.82) is 0 Å². The van der Waals surface area contributed by atoms with Gasteiger partial charge >= 0.3 is 0 Å². The zero-order chi connectivity index (χ0) is 24.7. The predicted molar refractivity (Wildman–Crippen MR) is 130 cm³/mol. The van der Waals surface area contributed by atoms with Crippen LogP contribution in [0.4, 0.5) is 0 Å². The molecule has 1 aliphatic heterocycles. The van der Waals surface area contributed by atoms with Crippen molar-refractivity contribution in [3.05, 3.63) is 59.2 Å². The van der Waals surface area contributed by atoms with Gasteiger partial charge in [-0.25, -0.2) is 0 Å². The number of carbonyl (C=O) groups excluding carboxylic acids is 2. The lowest BCUT2D eigenvalue weighted by Gasteiger charge is -2.25. The van der Waals surface area contributed by atoms with E-state index in [9.17, 15) is 14.7 Å². The minimum atomic E-state index is -0.730. The van der Waals surface area contributed by atoms with E-state index < -0.39 is 17.7 Å². The number of carbonyl (C=O) groups is 2. The summed E-state index contributed by atoms with van der Waals surface area (Å²) >= 11 is 0. The van der Waals surface area contributed by atoms with Gasteiger partial charge in [0.2, 0.25) is 0 Å². The van der Waals surface area contributed by atoms with Gasteiger partial charge in [-0.2, -0.15) is 0 Å². The molecule has 0 spiro atoms. The SMILES string of the molecule is CCCOc1cccc(C2/C(=C(/O)c3ccc(OCC)cc3OCC)C(=O)C(=O)N2CCC)c1. The summed E-state index contributed by atoms with van der Waals surface area (Å²) in [5.41, 5.74) is 1.08. The molecule has 1 fully saturated rings. The number of Topliss-reactive ketones (excluding diaryl/α,β-unsaturated/α-hetero) is 1. The molecule has 1 atom stereocenters. The Morgan fingerprint density at radius 1 is 0.912 bits per heavy atom. The highest BCUT2D eigenvalue weighted by molar-refractivity contribution is 6.46. The molecular formula is C27H33NO6. The number of ether oxygens (including phenoxy) is 3. The van der Waals surface area contributed by atoms with E-state index in [-0.39, 0.29) is 11.3 Å². The van der Waals surface area contributed by atoms with Crippen LogP contribution in [0.25, 0.3) is 5.76 Å². The minimum Gasteiger partial charge on any atom is -0.507 e. The van der Waals surface area contributed by atoms with Crippen LogP contribution >= 0.6 is 0 Å². The highest BCUT2D eigenvalue weighted by Crippen LogP contribution is 2.42. The summed E-state index contributed by atoms with van der Waals surface area (Å²) in [7, 11) is 0. The molecule has 0 aliphatic carbocycles. The molecule has 2 aromatic rings. The number of hydrogen-bond donors (Lipinski definition) is 1. The first-order valence-corrected chi connectivity index (χ1v) is 11.9. The fourth-order valence-corrected chi connectivity index (χ4v) is 4.07. The van der Waals surface area contributed by atoms with Crippen molar-refractivity contribution in [2.24, 2.45) is 0 Å². The molecule has 1 amide bonds. The first-order valence-electron chi connectivity index (χ1n) is 11.9. The zero-order valence-corrected chi connectivity index (χ0v) is 20.3. The molecule has 1 aliphatic rings. The van der Waals surface area contributed by atoms with Crippen LogP contribution in [-0.2, 0) is 9.59 Å². The van der Waals surface area contributed by atoms with Gasteiger partial charge in [-0.3, -0.25) is 9.59 Å². The van der Waals surface area contributed by atoms with Gasteiger partial charge < -0.3 is 24.2 Å². The quantitative estimate of drug-likeness (QED) is 0.281. The Balaban J connectivity index is 2.17. The van der Waals surface area contributed by atoms with Gasteiger partial charge in [-0.15, -0.1) is 0 Å². The van der Waals surface area contributed by atoms with E-state index in [0.29, 0.717) is 61.2 Å². The van der Waals surface area contributed by atoms with Gasteiger partial charge in [-0.1, -0.05) is 26.0 Å². The van der Waals surface area contributed by atoms with Crippen molar-refractivity contribution in [2.75, 3.05) is 26.4 Å². The minimum absolute atomic E-state index is 0.0382. The average molecular weight is 468 g/mol. The molecule has 0 bridgehead atoms. The molecule has 7 heteroatoms. The molecule has 3 rings (SSSR count). The standard InChI is InChI=1S/C27H33NO6/c1-5-14-28-24(18-10-9-11-19(16-18)34-15-6-2)23(26(30)27(28)31)25(29)21-13-12-20(32-7-3)17-22(21)33-8-4/h9-13,16-17,24,29H,5-8,14-15H2,1-4H3/b25-23-. The van der Waals surface area contributed by atoms with E-state index in [1.807, 2.05) is 52.0 Å². The number of rotatable bonds is 11. The number of benzene rings is 2. The van der Waals surface area contributed by atoms with E-state index in [2.05, 4.69) is 0 Å². The summed E-state index contributed by atoms with van der Waals surface area (Å²) < 4.78 is 17.1. The van der Waals surface area contributed by atoms with Gasteiger partial charge in [0, 0.05) is 12.6 Å². The fourth-order valence-electron chi connectivity index (χ4n) is 4.07. The van der Waals surface area contributed by atoms with Crippen molar-refractivity contribution in [2.45, 2.75) is 46.6 Å². The van der Waals surface area contributed by atoms with Crippen molar-refractivity contribution in [3.8, 4) is 17.2 Å². The van der Waals surface area contributed by atoms with E-state index in [1.54, 1.807) is 18.2 Å². The van der Waals surface area contributed by atoms with Crippen molar-refractivity contribution in [1.82, 2.24) is 4.90 Å². The Morgan fingerprint density at radius 3 is 2.32 bits per heavy atom. The second-order valence-electron chi connectivity index (χ2n) is 7.94. The lowest BCUT2D eigenvalue weighted by atomic mass is 9.94. The Morgan fingerprint density at radius 2 is 1.65 bits per heavy atom. The van der Waals surface area contributed by atoms with Gasteiger partial charge in [0.15, 0.2) is 0 Å². The highest BCUT2D eigenvalue weighted by atomic mass is 16.5. The van der Waals surface area contributed by atoms with Gasteiger partial charge in [-0.05, 0) is 56.5 Å². The molecule has 0 radical (unpaired) electrons. The molecule has 1 saturated heterocycles. The molecular weight excluding hydrogens is 434 g/mol. The maximum atomic E-state index is 13.2. The van der Waals surface area contributed by atoms with E-state index in [4.69, 9.17) is 14.2 Å². The number of nitrogens with zero attached hydrogens (tertiary/aromatic N) is 1. The van der Waals surface area contributed by atoms with E-state index in [0.717, 1.165) is 6.42 Å². The van der Waals surface area contributed by atoms with Crippen LogP contribution in [0.3, 0.4) is 0 Å². The van der Waals surface area contributed by atoms with Crippen LogP contribution in [0.2, 0.25) is 0 Å². The summed E-state index contributed by atoms with van der Waals surface area (Å²) in [4.78, 5) is 27.7. The first kappa shape index (κ1) is 25.1. The number of amides is 1. The van der Waals surface area contributed by atoms with E-state index >= 15 is 0 Å². The summed E-state index contributed by atoms with van der Waals surface area (Å²) in [5.74, 6) is 0.00728. The summed E-state index contributed by atoms with van der Waals surface area (Å²) in [6, 6.07) is 11.6. The Kier molecular flexibility index (Phi) is 8.57. The molecule has 182 valence electrons. The van der Waals surface area contributed by atoms with Crippen LogP contribution in [0.5, 0.6) is 17.2 Å². The molecule has 1 heterocycles. The topological polar surface area (TPSA) is 85.3 Å². The Bertz CT molecular complexity index is 1060. The van der Waals surface area contributed by atoms with Crippen molar-refractivity contribution < 1.29 is 28.9 Å². The molecule has 2 aromatic carbocycles. The lowest BCUT2D eigenvalue weighted by Crippen LogP contribution is -2.30. The smallest absolute Gasteiger partial charge is 0.295 e. The largest absolute Gasteiger partial charge is 0.507 e. The Labute approximate surface area is 200 Å². The number of ketones is 1. The van der Waals surface area contributed by atoms with Gasteiger partial charge in [0.25, 0.3) is 11.7 Å². The van der Waals surface area contributed by atoms with Gasteiger partial charge in [0.05, 0.1) is 37.0 Å². The summed E-state index contributed by atoms with van der Waals surface area (Å²) in [5, 5.41) is 11.4. The molecule has 7 nitrogen and oxygen atoms in total. The van der Waals surface area contributed by atoms with Crippen LogP contribution in [0, 0.1) is 0 Å². The predicted octanol–water partition coefficient (Wildman–Crippen LogP) is 5.10. The maximum absolute atomic E-state index is 13.2. The van der Waals surface area contributed by atoms with Crippen LogP contribution in [0.15, 0.2) is 48.0 Å². The van der Waals surface area contributed by atoms with E-state index in [1.165, 1.54) is 4.90 Å². The molecule has 0 aromatic heterocycles. The maximum Gasteiger partial charge on any atom is 0.295 e. The third-order valence-corrected chi connectivity index (χ3v) is 5.47. The fraction of sp³-hybridized carbons (Fsp3) is 0.407. The molecule has 34 heavy (non-hydrogen) atoms. The molecule has 1 N–H and O–H groups in total. The number of likely N-dealkylation sites (tertiary alicyclic amines) is 1. The highest BCUT2D eigenvalue weighted by Gasteiger charge is 2.46. The number of hydrogen-bond acceptors (Lipinski definition) is 6. The zero-order valence-electron chi connectivity index (χ0n) is 20.3. The second kappa shape index (κ2) is 11.6. The van der Waals surface area contributed by atoms with Gasteiger partial charge in [0.1, 0.15) is 23.0 Å². The second-order valence-corrected chi connectivity index (χ2v) is 7.94. The first-order chi connectivity index (χ1) is 16.5. The lowest BCUT2D eigenvalue weighted by molar-refractivity contribution is -0.139. The number of aliphatic hydroxyl groups is 1. The van der Waals surface area contributed by atoms with Crippen LogP contribution in [0.1, 0.15) is 57.7 Å². The summed E-state index contributed by atoms with van der Waals surface area (Å²) in [6.45, 7) is 9.45. The van der Waals surface area contributed by atoms with Crippen molar-refractivity contribution >= 4 is 17.4 Å². The Hall–Kier alpha value is -3.48. The number of aliphatic hydroxyl groups excluding tert-OH is 1. The molecule has 1 unspecified atom stereocenters. The average Bonchev–Trinajstić information content (AvgIpc) is 3.08. The normalized spacial score (nSPS) is 17.2. The third kappa shape index (κ3) is 5.19. The molecule has 0 saturated carbocycles. The van der Waals surface area contributed by atoms with Crippen molar-refractivity contribution in [3.63, 3.8) is 0 Å². The van der Waals surface area contributed by atoms with Crippen LogP contribution < -0.4 is 14.2 Å². The van der Waals surface area contributed by atoms with Crippen LogP contribution in [-0.4, -0.2) is 48.1 Å². The summed E-state index contributed by atoms with van der Waals surface area (Å²) in [6.07, 6.45) is 1.53. The third-order valence-electron chi connectivity index (χ3n) is 5.47.